The summed E-state index contributed by atoms with van der Waals surface area (Å²) in [4.78, 5) is 6.44. The predicted molar refractivity (Wildman–Crippen MR) is 68.0 cm³/mol. The average molecular weight is 223 g/mol. The molecule has 0 amide bonds. The van der Waals surface area contributed by atoms with Gasteiger partial charge < -0.3 is 15.3 Å². The van der Waals surface area contributed by atoms with E-state index in [1.54, 1.807) is 6.20 Å². The molecule has 1 rings (SSSR count). The summed E-state index contributed by atoms with van der Waals surface area (Å²) >= 11 is 0. The van der Waals surface area contributed by atoms with Crippen molar-refractivity contribution >= 4 is 11.4 Å². The van der Waals surface area contributed by atoms with E-state index in [1.807, 2.05) is 13.2 Å². The van der Waals surface area contributed by atoms with Crippen molar-refractivity contribution < 1.29 is 5.11 Å². The van der Waals surface area contributed by atoms with Gasteiger partial charge in [0.1, 0.15) is 0 Å². The highest BCUT2D eigenvalue weighted by atomic mass is 16.3. The molecule has 0 aliphatic carbocycles. The first kappa shape index (κ1) is 12.8. The number of rotatable bonds is 6. The van der Waals surface area contributed by atoms with Gasteiger partial charge in [0.05, 0.1) is 23.8 Å². The Kier molecular flexibility index (Phi) is 5.05. The Balaban J connectivity index is 2.82. The van der Waals surface area contributed by atoms with Gasteiger partial charge in [0.15, 0.2) is 0 Å². The van der Waals surface area contributed by atoms with Gasteiger partial charge >= 0.3 is 0 Å². The van der Waals surface area contributed by atoms with Gasteiger partial charge in [-0.05, 0) is 26.3 Å². The molecule has 0 atom stereocenters. The zero-order chi connectivity index (χ0) is 12.0. The van der Waals surface area contributed by atoms with Gasteiger partial charge in [-0.2, -0.15) is 0 Å². The molecule has 4 heteroatoms. The molecule has 0 spiro atoms. The lowest BCUT2D eigenvalue weighted by atomic mass is 10.2. The molecule has 0 saturated carbocycles. The second-order valence-electron chi connectivity index (χ2n) is 4.05. The number of aliphatic hydroxyl groups excluding tert-OH is 1. The van der Waals surface area contributed by atoms with Gasteiger partial charge in [-0.1, -0.05) is 0 Å². The van der Waals surface area contributed by atoms with Crippen molar-refractivity contribution in [2.24, 2.45) is 0 Å². The van der Waals surface area contributed by atoms with E-state index >= 15 is 0 Å². The van der Waals surface area contributed by atoms with Crippen LogP contribution < -0.4 is 10.2 Å². The summed E-state index contributed by atoms with van der Waals surface area (Å²) in [5.74, 6) is 0. The summed E-state index contributed by atoms with van der Waals surface area (Å²) in [6, 6.07) is 2.48. The van der Waals surface area contributed by atoms with Crippen LogP contribution in [0.5, 0.6) is 0 Å². The molecule has 90 valence electrons. The maximum absolute atomic E-state index is 8.89. The van der Waals surface area contributed by atoms with E-state index in [9.17, 15) is 0 Å². The molecular formula is C12H21N3O. The molecule has 0 saturated heterocycles. The van der Waals surface area contributed by atoms with Crippen LogP contribution in [0.3, 0.4) is 0 Å². The number of aliphatic hydroxyl groups is 1. The summed E-state index contributed by atoms with van der Waals surface area (Å²) in [6.45, 7) is 5.36. The number of aromatic nitrogens is 1. The second kappa shape index (κ2) is 6.33. The van der Waals surface area contributed by atoms with Gasteiger partial charge in [0.2, 0.25) is 0 Å². The van der Waals surface area contributed by atoms with E-state index in [2.05, 4.69) is 35.1 Å². The van der Waals surface area contributed by atoms with Crippen molar-refractivity contribution in [2.45, 2.75) is 26.3 Å². The summed E-state index contributed by atoms with van der Waals surface area (Å²) < 4.78 is 0. The minimum Gasteiger partial charge on any atom is -0.396 e. The Morgan fingerprint density at radius 1 is 1.44 bits per heavy atom. The highest BCUT2D eigenvalue weighted by Gasteiger charge is 2.10. The summed E-state index contributed by atoms with van der Waals surface area (Å²) in [6.07, 6.45) is 4.44. The van der Waals surface area contributed by atoms with Gasteiger partial charge in [-0.3, -0.25) is 4.98 Å². The third-order valence-corrected chi connectivity index (χ3v) is 2.52. The first-order chi connectivity index (χ1) is 7.69. The fraction of sp³-hybridized carbons (Fsp3) is 0.583. The number of nitrogens with one attached hydrogen (secondary N) is 1. The normalized spacial score (nSPS) is 10.6. The maximum atomic E-state index is 8.89. The minimum absolute atomic E-state index is 0.225. The quantitative estimate of drug-likeness (QED) is 0.771. The average Bonchev–Trinajstić information content (AvgIpc) is 2.29. The highest BCUT2D eigenvalue weighted by Crippen LogP contribution is 2.19. The van der Waals surface area contributed by atoms with Crippen LogP contribution in [0.1, 0.15) is 20.3 Å². The summed E-state index contributed by atoms with van der Waals surface area (Å²) in [5.41, 5.74) is 2.10. The van der Waals surface area contributed by atoms with Crippen molar-refractivity contribution in [3.05, 3.63) is 18.5 Å². The molecule has 0 radical (unpaired) electrons. The van der Waals surface area contributed by atoms with Crippen LogP contribution in [-0.4, -0.2) is 36.3 Å². The van der Waals surface area contributed by atoms with Crippen molar-refractivity contribution in [3.63, 3.8) is 0 Å². The molecule has 1 aromatic rings. The molecule has 1 heterocycles. The molecule has 16 heavy (non-hydrogen) atoms. The van der Waals surface area contributed by atoms with E-state index in [4.69, 9.17) is 5.11 Å². The van der Waals surface area contributed by atoms with Gasteiger partial charge in [-0.25, -0.2) is 0 Å². The third-order valence-electron chi connectivity index (χ3n) is 2.52. The van der Waals surface area contributed by atoms with Gasteiger partial charge in [-0.15, -0.1) is 0 Å². The Morgan fingerprint density at radius 2 is 2.19 bits per heavy atom. The summed E-state index contributed by atoms with van der Waals surface area (Å²) in [5, 5.41) is 12.0. The third kappa shape index (κ3) is 3.38. The SMILES string of the molecule is CNc1cncc(N(CCCO)C(C)C)c1. The lowest BCUT2D eigenvalue weighted by Gasteiger charge is -2.28. The smallest absolute Gasteiger partial charge is 0.0575 e. The first-order valence-corrected chi connectivity index (χ1v) is 5.69. The molecule has 1 aromatic heterocycles. The lowest BCUT2D eigenvalue weighted by molar-refractivity contribution is 0.288. The van der Waals surface area contributed by atoms with E-state index in [0.717, 1.165) is 24.3 Å². The fourth-order valence-corrected chi connectivity index (χ4v) is 1.65. The van der Waals surface area contributed by atoms with Crippen LogP contribution in [-0.2, 0) is 0 Å². The topological polar surface area (TPSA) is 48.4 Å². The fourth-order valence-electron chi connectivity index (χ4n) is 1.65. The largest absolute Gasteiger partial charge is 0.396 e. The molecule has 0 unspecified atom stereocenters. The van der Waals surface area contributed by atoms with Crippen molar-refractivity contribution in [1.29, 1.82) is 0 Å². The molecular weight excluding hydrogens is 202 g/mol. The van der Waals surface area contributed by atoms with Crippen LogP contribution >= 0.6 is 0 Å². The monoisotopic (exact) mass is 223 g/mol. The standard InChI is InChI=1S/C12H21N3O/c1-10(2)15(5-4-6-16)12-7-11(13-3)8-14-9-12/h7-10,13,16H,4-6H2,1-3H3. The minimum atomic E-state index is 0.225. The Hall–Kier alpha value is -1.29. The van der Waals surface area contributed by atoms with E-state index in [-0.39, 0.29) is 6.61 Å². The molecule has 4 nitrogen and oxygen atoms in total. The highest BCUT2D eigenvalue weighted by molar-refractivity contribution is 5.55. The molecule has 0 fully saturated rings. The zero-order valence-corrected chi connectivity index (χ0v) is 10.3. The molecule has 0 bridgehead atoms. The van der Waals surface area contributed by atoms with E-state index in [0.29, 0.717) is 6.04 Å². The number of anilines is 2. The Morgan fingerprint density at radius 3 is 2.75 bits per heavy atom. The molecule has 0 aliphatic rings. The van der Waals surface area contributed by atoms with Gasteiger partial charge in [0.25, 0.3) is 0 Å². The van der Waals surface area contributed by atoms with Crippen molar-refractivity contribution in [1.82, 2.24) is 4.98 Å². The first-order valence-electron chi connectivity index (χ1n) is 5.69. The van der Waals surface area contributed by atoms with Gasteiger partial charge in [0, 0.05) is 26.2 Å². The molecule has 2 N–H and O–H groups in total. The number of hydrogen-bond acceptors (Lipinski definition) is 4. The Bertz CT molecular complexity index is 315. The van der Waals surface area contributed by atoms with Crippen LogP contribution in [0.4, 0.5) is 11.4 Å². The number of pyridine rings is 1. The van der Waals surface area contributed by atoms with Crippen LogP contribution in [0.25, 0.3) is 0 Å². The Labute approximate surface area is 97.3 Å². The second-order valence-corrected chi connectivity index (χ2v) is 4.05. The number of nitrogens with zero attached hydrogens (tertiary/aromatic N) is 2. The van der Waals surface area contributed by atoms with Crippen LogP contribution in [0.15, 0.2) is 18.5 Å². The lowest BCUT2D eigenvalue weighted by Crippen LogP contribution is -2.32. The zero-order valence-electron chi connectivity index (χ0n) is 10.3. The maximum Gasteiger partial charge on any atom is 0.0575 e. The van der Waals surface area contributed by atoms with Crippen LogP contribution in [0, 0.1) is 0 Å². The van der Waals surface area contributed by atoms with E-state index < -0.39 is 0 Å². The van der Waals surface area contributed by atoms with Crippen molar-refractivity contribution in [2.75, 3.05) is 30.4 Å². The van der Waals surface area contributed by atoms with Crippen LogP contribution in [0.2, 0.25) is 0 Å². The molecule has 0 aliphatic heterocycles. The van der Waals surface area contributed by atoms with E-state index in [1.165, 1.54) is 0 Å². The molecule has 0 aromatic carbocycles. The summed E-state index contributed by atoms with van der Waals surface area (Å²) in [7, 11) is 1.88. The van der Waals surface area contributed by atoms with Crippen molar-refractivity contribution in [3.8, 4) is 0 Å². The number of hydrogen-bond donors (Lipinski definition) is 2. The predicted octanol–water partition coefficient (Wildman–Crippen LogP) is 1.72.